The number of ether oxygens (including phenoxy) is 2. The van der Waals surface area contributed by atoms with E-state index in [1.165, 1.54) is 11.3 Å². The van der Waals surface area contributed by atoms with Crippen LogP contribution in [0, 0.1) is 0 Å². The average Bonchev–Trinajstić information content (AvgIpc) is 3.05. The molecule has 0 aromatic carbocycles. The van der Waals surface area contributed by atoms with Crippen LogP contribution in [-0.2, 0) is 19.1 Å². The summed E-state index contributed by atoms with van der Waals surface area (Å²) in [6.07, 6.45) is 1.30. The Kier molecular flexibility index (Phi) is 8.75. The number of esters is 2. The van der Waals surface area contributed by atoms with Crippen molar-refractivity contribution in [3.63, 3.8) is 0 Å². The van der Waals surface area contributed by atoms with Gasteiger partial charge in [-0.2, -0.15) is 0 Å². The third-order valence-corrected chi connectivity index (χ3v) is 2.98. The quantitative estimate of drug-likeness (QED) is 0.356. The van der Waals surface area contributed by atoms with E-state index in [0.29, 0.717) is 0 Å². The maximum atomic E-state index is 12.4. The third-order valence-electron chi connectivity index (χ3n) is 2.98. The molecule has 1 aromatic heterocycles. The predicted molar refractivity (Wildman–Crippen MR) is 90.5 cm³/mol. The van der Waals surface area contributed by atoms with Gasteiger partial charge in [0.05, 0.1) is 19.5 Å². The average molecular weight is 368 g/mol. The van der Waals surface area contributed by atoms with Gasteiger partial charge in [-0.3, -0.25) is 14.6 Å². The lowest BCUT2D eigenvalue weighted by Crippen LogP contribution is -2.42. The van der Waals surface area contributed by atoms with Crippen molar-refractivity contribution in [2.24, 2.45) is 10.3 Å². The van der Waals surface area contributed by atoms with Crippen LogP contribution < -0.4 is 5.32 Å². The highest BCUT2D eigenvalue weighted by molar-refractivity contribution is 5.98. The molecule has 0 saturated heterocycles. The Bertz CT molecular complexity index is 642. The molecule has 1 heterocycles. The Hall–Kier alpha value is -2.98. The zero-order valence-electron chi connectivity index (χ0n) is 15.3. The number of imidazole rings is 1. The van der Waals surface area contributed by atoms with Gasteiger partial charge in [0, 0.05) is 20.5 Å². The number of aromatic amines is 1. The Balaban J connectivity index is 2.83. The number of carbonyl (C=O) groups is 3. The van der Waals surface area contributed by atoms with Gasteiger partial charge in [0.15, 0.2) is 5.69 Å². The Morgan fingerprint density at radius 3 is 2.58 bits per heavy atom. The molecule has 0 bridgehead atoms. The number of hydrogen-bond donors (Lipinski definition) is 2. The predicted octanol–water partition coefficient (Wildman–Crippen LogP) is 0.975. The highest BCUT2D eigenvalue weighted by Gasteiger charge is 2.26. The molecule has 0 aliphatic carbocycles. The van der Waals surface area contributed by atoms with Crippen LogP contribution in [0.4, 0.5) is 5.82 Å². The minimum atomic E-state index is -1.01. The first-order valence-electron chi connectivity index (χ1n) is 8.14. The molecule has 0 aliphatic rings. The second-order valence-corrected chi connectivity index (χ2v) is 5.26. The monoisotopic (exact) mass is 368 g/mol. The lowest BCUT2D eigenvalue weighted by Gasteiger charge is -2.16. The van der Waals surface area contributed by atoms with Gasteiger partial charge >= 0.3 is 11.9 Å². The molecule has 0 saturated carbocycles. The van der Waals surface area contributed by atoms with Gasteiger partial charge in [0.2, 0.25) is 5.82 Å². The summed E-state index contributed by atoms with van der Waals surface area (Å²) in [7, 11) is 3.34. The number of nitrogens with one attached hydrogen (secondary N) is 2. The van der Waals surface area contributed by atoms with Gasteiger partial charge in [-0.25, -0.2) is 9.78 Å². The standard InChI is InChI=1S/C15H24N6O5/c1-5-25-11(22)8-7-10(15(24)26-6-2)18-14(23)12-13(17-9-16-12)19-20-21(3)4/h9-10H,5-8H2,1-4H3,(H,16,17)(H,18,23)/t10-/m0/s1. The van der Waals surface area contributed by atoms with Gasteiger partial charge in [0.1, 0.15) is 6.04 Å². The summed E-state index contributed by atoms with van der Waals surface area (Å²) in [4.78, 5) is 42.6. The summed E-state index contributed by atoms with van der Waals surface area (Å²) in [5.74, 6) is -1.64. The van der Waals surface area contributed by atoms with Crippen LogP contribution in [0.5, 0.6) is 0 Å². The number of hydrogen-bond acceptors (Lipinski definition) is 8. The van der Waals surface area contributed by atoms with Crippen LogP contribution in [0.2, 0.25) is 0 Å². The zero-order chi connectivity index (χ0) is 19.5. The maximum absolute atomic E-state index is 12.4. The smallest absolute Gasteiger partial charge is 0.328 e. The lowest BCUT2D eigenvalue weighted by molar-refractivity contribution is -0.146. The van der Waals surface area contributed by atoms with Crippen LogP contribution in [-0.4, -0.2) is 66.2 Å². The molecular weight excluding hydrogens is 344 g/mol. The zero-order valence-corrected chi connectivity index (χ0v) is 15.3. The Labute approximate surface area is 151 Å². The highest BCUT2D eigenvalue weighted by Crippen LogP contribution is 2.15. The van der Waals surface area contributed by atoms with Gasteiger partial charge in [0.25, 0.3) is 5.91 Å². The molecule has 144 valence electrons. The number of nitrogens with zero attached hydrogens (tertiary/aromatic N) is 4. The van der Waals surface area contributed by atoms with Gasteiger partial charge in [-0.1, -0.05) is 5.22 Å². The summed E-state index contributed by atoms with van der Waals surface area (Å²) in [6, 6.07) is -1.01. The molecule has 0 fully saturated rings. The minimum absolute atomic E-state index is 0.0340. The number of aromatic nitrogens is 2. The van der Waals surface area contributed by atoms with Crippen molar-refractivity contribution >= 4 is 23.7 Å². The fraction of sp³-hybridized carbons (Fsp3) is 0.600. The third kappa shape index (κ3) is 6.87. The molecule has 1 amide bonds. The first kappa shape index (κ1) is 21.1. The highest BCUT2D eigenvalue weighted by atomic mass is 16.5. The number of carbonyl (C=O) groups excluding carboxylic acids is 3. The van der Waals surface area contributed by atoms with E-state index in [0.717, 1.165) is 0 Å². The molecule has 1 rings (SSSR count). The second kappa shape index (κ2) is 10.8. The van der Waals surface area contributed by atoms with E-state index in [4.69, 9.17) is 9.47 Å². The van der Waals surface area contributed by atoms with Crippen molar-refractivity contribution in [2.75, 3.05) is 27.3 Å². The van der Waals surface area contributed by atoms with E-state index in [1.54, 1.807) is 27.9 Å². The molecular formula is C15H24N6O5. The van der Waals surface area contributed by atoms with E-state index in [2.05, 4.69) is 25.6 Å². The summed E-state index contributed by atoms with van der Waals surface area (Å²) in [5.41, 5.74) is 0.0426. The summed E-state index contributed by atoms with van der Waals surface area (Å²) in [5, 5.41) is 11.6. The molecule has 11 heteroatoms. The molecule has 0 spiro atoms. The maximum Gasteiger partial charge on any atom is 0.328 e. The van der Waals surface area contributed by atoms with Crippen molar-refractivity contribution < 1.29 is 23.9 Å². The summed E-state index contributed by atoms with van der Waals surface area (Å²) in [6.45, 7) is 3.72. The molecule has 26 heavy (non-hydrogen) atoms. The largest absolute Gasteiger partial charge is 0.466 e. The molecule has 0 aliphatic heterocycles. The van der Waals surface area contributed by atoms with Crippen molar-refractivity contribution in [2.45, 2.75) is 32.7 Å². The minimum Gasteiger partial charge on any atom is -0.466 e. The van der Waals surface area contributed by atoms with Gasteiger partial charge in [-0.05, 0) is 20.3 Å². The summed E-state index contributed by atoms with van der Waals surface area (Å²) < 4.78 is 9.77. The fourth-order valence-electron chi connectivity index (χ4n) is 1.88. The van der Waals surface area contributed by atoms with E-state index in [1.807, 2.05) is 0 Å². The lowest BCUT2D eigenvalue weighted by atomic mass is 10.1. The van der Waals surface area contributed by atoms with Crippen molar-refractivity contribution in [1.82, 2.24) is 20.3 Å². The second-order valence-electron chi connectivity index (χ2n) is 5.26. The van der Waals surface area contributed by atoms with E-state index < -0.39 is 23.9 Å². The Morgan fingerprint density at radius 1 is 1.27 bits per heavy atom. The molecule has 0 radical (unpaired) electrons. The Morgan fingerprint density at radius 2 is 1.96 bits per heavy atom. The van der Waals surface area contributed by atoms with Crippen LogP contribution in [0.3, 0.4) is 0 Å². The molecule has 2 N–H and O–H groups in total. The molecule has 1 aromatic rings. The molecule has 0 unspecified atom stereocenters. The number of rotatable bonds is 10. The van der Waals surface area contributed by atoms with Gasteiger partial charge < -0.3 is 19.8 Å². The van der Waals surface area contributed by atoms with Crippen molar-refractivity contribution in [1.29, 1.82) is 0 Å². The number of amides is 1. The fourth-order valence-corrected chi connectivity index (χ4v) is 1.88. The van der Waals surface area contributed by atoms with Gasteiger partial charge in [-0.15, -0.1) is 5.11 Å². The van der Waals surface area contributed by atoms with Crippen LogP contribution in [0.25, 0.3) is 0 Å². The van der Waals surface area contributed by atoms with E-state index >= 15 is 0 Å². The van der Waals surface area contributed by atoms with Crippen LogP contribution in [0.1, 0.15) is 37.2 Å². The first-order valence-corrected chi connectivity index (χ1v) is 8.14. The van der Waals surface area contributed by atoms with Crippen LogP contribution >= 0.6 is 0 Å². The van der Waals surface area contributed by atoms with E-state index in [9.17, 15) is 14.4 Å². The van der Waals surface area contributed by atoms with Crippen molar-refractivity contribution in [3.05, 3.63) is 12.0 Å². The number of H-pyrrole nitrogens is 1. The molecule has 11 nitrogen and oxygen atoms in total. The topological polar surface area (TPSA) is 138 Å². The summed E-state index contributed by atoms with van der Waals surface area (Å²) >= 11 is 0. The SMILES string of the molecule is CCOC(=O)CC[C@H](NC(=O)c1[nH]cnc1N=NN(C)C)C(=O)OCC. The normalized spacial score (nSPS) is 11.8. The first-order chi connectivity index (χ1) is 12.4. The van der Waals surface area contributed by atoms with Crippen molar-refractivity contribution in [3.8, 4) is 0 Å². The van der Waals surface area contributed by atoms with E-state index in [-0.39, 0.29) is 37.6 Å². The van der Waals surface area contributed by atoms with Crippen LogP contribution in [0.15, 0.2) is 16.7 Å². The molecule has 1 atom stereocenters.